The van der Waals surface area contributed by atoms with Crippen LogP contribution in [0.2, 0.25) is 0 Å². The maximum Gasteiger partial charge on any atom is 0.342 e. The molecule has 1 heterocycles. The van der Waals surface area contributed by atoms with Crippen molar-refractivity contribution < 1.29 is 23.5 Å². The molecule has 0 bridgehead atoms. The maximum absolute atomic E-state index is 11.9. The number of benzene rings is 1. The van der Waals surface area contributed by atoms with Crippen LogP contribution >= 0.6 is 0 Å². The van der Waals surface area contributed by atoms with Gasteiger partial charge in [-0.1, -0.05) is 25.1 Å². The van der Waals surface area contributed by atoms with Crippen LogP contribution in [0.1, 0.15) is 34.4 Å². The van der Waals surface area contributed by atoms with Gasteiger partial charge in [-0.25, -0.2) is 4.79 Å². The number of rotatable bonds is 7. The van der Waals surface area contributed by atoms with Crippen molar-refractivity contribution in [1.29, 1.82) is 0 Å². The van der Waals surface area contributed by atoms with Crippen LogP contribution in [0.5, 0.6) is 0 Å². The van der Waals surface area contributed by atoms with Crippen LogP contribution in [0.25, 0.3) is 0 Å². The molecule has 2 aromatic rings. The number of carbonyl (C=O) groups excluding carboxylic acids is 3. The van der Waals surface area contributed by atoms with E-state index >= 15 is 0 Å². The number of carbonyl (C=O) groups is 3. The van der Waals surface area contributed by atoms with Crippen molar-refractivity contribution in [2.24, 2.45) is 0 Å². The molecule has 7 heteroatoms. The normalized spacial score (nSPS) is 10.3. The number of ether oxygens (including phenoxy) is 1. The minimum atomic E-state index is -0.643. The van der Waals surface area contributed by atoms with Gasteiger partial charge in [-0.3, -0.25) is 9.59 Å². The zero-order valence-corrected chi connectivity index (χ0v) is 15.0. The van der Waals surface area contributed by atoms with Crippen molar-refractivity contribution in [3.63, 3.8) is 0 Å². The van der Waals surface area contributed by atoms with E-state index in [-0.39, 0.29) is 18.0 Å². The molecule has 0 saturated carbocycles. The molecule has 1 aromatic carbocycles. The van der Waals surface area contributed by atoms with E-state index in [0.717, 1.165) is 12.0 Å². The summed E-state index contributed by atoms with van der Waals surface area (Å²) in [6.07, 6.45) is 0.783. The number of anilines is 1. The minimum absolute atomic E-state index is 0.210. The molecule has 0 aliphatic rings. The zero-order chi connectivity index (χ0) is 19.1. The van der Waals surface area contributed by atoms with E-state index in [4.69, 9.17) is 9.15 Å². The highest BCUT2D eigenvalue weighted by molar-refractivity contribution is 5.96. The molecule has 0 atom stereocenters. The smallest absolute Gasteiger partial charge is 0.342 e. The van der Waals surface area contributed by atoms with Gasteiger partial charge in [0.05, 0.1) is 6.54 Å². The van der Waals surface area contributed by atoms with Crippen molar-refractivity contribution in [3.8, 4) is 0 Å². The number of furan rings is 1. The van der Waals surface area contributed by atoms with Crippen molar-refractivity contribution in [3.05, 3.63) is 53.0 Å². The summed E-state index contributed by atoms with van der Waals surface area (Å²) in [5.74, 6) is -0.539. The number of hydrogen-bond donors (Lipinski definition) is 2. The third-order valence-electron chi connectivity index (χ3n) is 3.71. The fraction of sp³-hybridized carbons (Fsp3) is 0.316. The number of nitrogens with one attached hydrogen (secondary N) is 2. The maximum atomic E-state index is 11.9. The molecule has 2 rings (SSSR count). The Morgan fingerprint density at radius 2 is 1.85 bits per heavy atom. The second-order valence-corrected chi connectivity index (χ2v) is 5.74. The van der Waals surface area contributed by atoms with Gasteiger partial charge in [0, 0.05) is 5.69 Å². The van der Waals surface area contributed by atoms with Crippen LogP contribution in [0.3, 0.4) is 0 Å². The van der Waals surface area contributed by atoms with Gasteiger partial charge in [0.25, 0.3) is 5.91 Å². The lowest BCUT2D eigenvalue weighted by Crippen LogP contribution is -2.35. The molecular formula is C19H22N2O5. The van der Waals surface area contributed by atoms with Crippen LogP contribution in [0, 0.1) is 13.8 Å². The van der Waals surface area contributed by atoms with Gasteiger partial charge in [0.2, 0.25) is 5.91 Å². The average Bonchev–Trinajstić information content (AvgIpc) is 2.96. The average molecular weight is 358 g/mol. The molecule has 0 aliphatic carbocycles. The standard InChI is InChI=1S/C19H22N2O5/c1-4-14-7-5-6-8-16(14)21-17(22)10-20-18(23)11-25-19(24)15-9-12(2)26-13(15)3/h5-9H,4,10-11H2,1-3H3,(H,20,23)(H,21,22). The number of aryl methyl sites for hydroxylation is 3. The summed E-state index contributed by atoms with van der Waals surface area (Å²) in [6, 6.07) is 9.00. The number of para-hydroxylation sites is 1. The predicted octanol–water partition coefficient (Wildman–Crippen LogP) is 2.37. The van der Waals surface area contributed by atoms with Crippen molar-refractivity contribution in [1.82, 2.24) is 5.32 Å². The third-order valence-corrected chi connectivity index (χ3v) is 3.71. The van der Waals surface area contributed by atoms with Crippen molar-refractivity contribution >= 4 is 23.5 Å². The summed E-state index contributed by atoms with van der Waals surface area (Å²) in [7, 11) is 0. The molecule has 0 radical (unpaired) electrons. The van der Waals surface area contributed by atoms with Crippen LogP contribution in [-0.4, -0.2) is 30.9 Å². The lowest BCUT2D eigenvalue weighted by Gasteiger charge is -2.10. The summed E-state index contributed by atoms with van der Waals surface area (Å²) in [4.78, 5) is 35.6. The van der Waals surface area contributed by atoms with E-state index < -0.39 is 18.5 Å². The van der Waals surface area contributed by atoms with Crippen LogP contribution in [0.15, 0.2) is 34.7 Å². The fourth-order valence-corrected chi connectivity index (χ4v) is 2.42. The monoisotopic (exact) mass is 358 g/mol. The van der Waals surface area contributed by atoms with Gasteiger partial charge < -0.3 is 19.8 Å². The molecule has 0 aliphatic heterocycles. The van der Waals surface area contributed by atoms with E-state index in [2.05, 4.69) is 10.6 Å². The number of amides is 2. The Morgan fingerprint density at radius 3 is 2.50 bits per heavy atom. The topological polar surface area (TPSA) is 97.6 Å². The lowest BCUT2D eigenvalue weighted by molar-refractivity contribution is -0.126. The van der Waals surface area contributed by atoms with Gasteiger partial charge in [-0.2, -0.15) is 0 Å². The first-order valence-corrected chi connectivity index (χ1v) is 8.29. The summed E-state index contributed by atoms with van der Waals surface area (Å²) < 4.78 is 10.2. The van der Waals surface area contributed by atoms with E-state index in [1.165, 1.54) is 0 Å². The Bertz CT molecular complexity index is 810. The van der Waals surface area contributed by atoms with Crippen molar-refractivity contribution in [2.45, 2.75) is 27.2 Å². The van der Waals surface area contributed by atoms with Crippen LogP contribution in [0.4, 0.5) is 5.69 Å². The predicted molar refractivity (Wildman–Crippen MR) is 95.9 cm³/mol. The second kappa shape index (κ2) is 8.84. The summed E-state index contributed by atoms with van der Waals surface area (Å²) in [5.41, 5.74) is 2.00. The highest BCUT2D eigenvalue weighted by Gasteiger charge is 2.16. The number of esters is 1. The Kier molecular flexibility index (Phi) is 6.54. The summed E-state index contributed by atoms with van der Waals surface area (Å²) in [6.45, 7) is 4.66. The van der Waals surface area contributed by atoms with Crippen LogP contribution in [-0.2, 0) is 20.7 Å². The fourth-order valence-electron chi connectivity index (χ4n) is 2.42. The van der Waals surface area contributed by atoms with Gasteiger partial charge in [0.15, 0.2) is 6.61 Å². The van der Waals surface area contributed by atoms with Crippen molar-refractivity contribution in [2.75, 3.05) is 18.5 Å². The molecular weight excluding hydrogens is 336 g/mol. The Morgan fingerprint density at radius 1 is 1.12 bits per heavy atom. The Balaban J connectivity index is 1.77. The van der Waals surface area contributed by atoms with Gasteiger partial charge in [-0.15, -0.1) is 0 Å². The second-order valence-electron chi connectivity index (χ2n) is 5.74. The first kappa shape index (κ1) is 19.2. The molecule has 26 heavy (non-hydrogen) atoms. The summed E-state index contributed by atoms with van der Waals surface area (Å²) in [5, 5.41) is 5.16. The first-order chi connectivity index (χ1) is 12.4. The first-order valence-electron chi connectivity index (χ1n) is 8.29. The van der Waals surface area contributed by atoms with E-state index in [9.17, 15) is 14.4 Å². The van der Waals surface area contributed by atoms with Gasteiger partial charge in [-0.05, 0) is 38.0 Å². The Hall–Kier alpha value is -3.09. The van der Waals surface area contributed by atoms with E-state index in [0.29, 0.717) is 17.2 Å². The van der Waals surface area contributed by atoms with E-state index in [1.807, 2.05) is 25.1 Å². The van der Waals surface area contributed by atoms with Gasteiger partial charge in [0.1, 0.15) is 17.1 Å². The highest BCUT2D eigenvalue weighted by atomic mass is 16.5. The minimum Gasteiger partial charge on any atom is -0.466 e. The molecule has 2 amide bonds. The third kappa shape index (κ3) is 5.20. The molecule has 0 saturated heterocycles. The van der Waals surface area contributed by atoms with Gasteiger partial charge >= 0.3 is 5.97 Å². The summed E-state index contributed by atoms with van der Waals surface area (Å²) >= 11 is 0. The molecule has 0 spiro atoms. The lowest BCUT2D eigenvalue weighted by atomic mass is 10.1. The molecule has 138 valence electrons. The molecule has 2 N–H and O–H groups in total. The van der Waals surface area contributed by atoms with E-state index in [1.54, 1.807) is 26.0 Å². The SMILES string of the molecule is CCc1ccccc1NC(=O)CNC(=O)COC(=O)c1cc(C)oc1C. The quantitative estimate of drug-likeness (QED) is 0.741. The zero-order valence-electron chi connectivity index (χ0n) is 15.0. The largest absolute Gasteiger partial charge is 0.466 e. The molecule has 7 nitrogen and oxygen atoms in total. The molecule has 0 fully saturated rings. The van der Waals surface area contributed by atoms with Crippen LogP contribution < -0.4 is 10.6 Å². The Labute approximate surface area is 151 Å². The number of hydrogen-bond acceptors (Lipinski definition) is 5. The molecule has 1 aromatic heterocycles. The molecule has 0 unspecified atom stereocenters. The highest BCUT2D eigenvalue weighted by Crippen LogP contribution is 2.15.